The standard InChI is InChI=1S/C24H22N4O2/c1-17(2)26-24(30)28-21-13-10-19(11-14-21)23(29)27-22-8-5-6-18(16-22)9-12-20-7-3-4-15-25-20/h3-8,10-11,13-17H,1-2H3,(H,27,29)(H2,26,28,30). The van der Waals surface area contributed by atoms with Crippen LogP contribution < -0.4 is 16.0 Å². The Hall–Kier alpha value is -4.11. The molecule has 0 unspecified atom stereocenters. The topological polar surface area (TPSA) is 83.1 Å². The van der Waals surface area contributed by atoms with Crippen LogP contribution in [-0.2, 0) is 0 Å². The Kier molecular flexibility index (Phi) is 6.80. The van der Waals surface area contributed by atoms with Gasteiger partial charge in [-0.15, -0.1) is 0 Å². The van der Waals surface area contributed by atoms with Crippen molar-refractivity contribution in [2.24, 2.45) is 0 Å². The van der Waals surface area contributed by atoms with Crippen LogP contribution in [0.5, 0.6) is 0 Å². The predicted molar refractivity (Wildman–Crippen MR) is 118 cm³/mol. The van der Waals surface area contributed by atoms with Gasteiger partial charge < -0.3 is 16.0 Å². The molecule has 3 rings (SSSR count). The molecule has 6 heteroatoms. The summed E-state index contributed by atoms with van der Waals surface area (Å²) in [5.41, 5.74) is 3.19. The Labute approximate surface area is 175 Å². The predicted octanol–water partition coefficient (Wildman–Crippen LogP) is 4.26. The normalized spacial score (nSPS) is 9.97. The first-order chi connectivity index (χ1) is 14.5. The first-order valence-electron chi connectivity index (χ1n) is 9.51. The maximum atomic E-state index is 12.5. The molecule has 6 nitrogen and oxygen atoms in total. The first-order valence-corrected chi connectivity index (χ1v) is 9.51. The lowest BCUT2D eigenvalue weighted by Gasteiger charge is -2.10. The van der Waals surface area contributed by atoms with E-state index in [0.29, 0.717) is 22.6 Å². The minimum absolute atomic E-state index is 0.0412. The Morgan fingerprint density at radius 2 is 1.67 bits per heavy atom. The first kappa shape index (κ1) is 20.6. The van der Waals surface area contributed by atoms with Gasteiger partial charge in [0.05, 0.1) is 0 Å². The quantitative estimate of drug-likeness (QED) is 0.574. The van der Waals surface area contributed by atoms with E-state index in [4.69, 9.17) is 0 Å². The highest BCUT2D eigenvalue weighted by Gasteiger charge is 2.08. The molecule has 0 bridgehead atoms. The Morgan fingerprint density at radius 1 is 0.867 bits per heavy atom. The van der Waals surface area contributed by atoms with E-state index < -0.39 is 0 Å². The van der Waals surface area contributed by atoms with Gasteiger partial charge in [0.1, 0.15) is 5.69 Å². The number of amides is 3. The molecule has 0 aliphatic rings. The van der Waals surface area contributed by atoms with Crippen molar-refractivity contribution in [2.45, 2.75) is 19.9 Å². The summed E-state index contributed by atoms with van der Waals surface area (Å²) in [5.74, 6) is 5.79. The highest BCUT2D eigenvalue weighted by Crippen LogP contribution is 2.14. The molecule has 0 spiro atoms. The van der Waals surface area contributed by atoms with E-state index in [2.05, 4.69) is 32.8 Å². The van der Waals surface area contributed by atoms with Gasteiger partial charge in [0.2, 0.25) is 0 Å². The minimum Gasteiger partial charge on any atom is -0.336 e. The fourth-order valence-corrected chi connectivity index (χ4v) is 2.59. The molecule has 30 heavy (non-hydrogen) atoms. The number of aromatic nitrogens is 1. The molecule has 0 saturated heterocycles. The average Bonchev–Trinajstić information content (AvgIpc) is 2.73. The maximum absolute atomic E-state index is 12.5. The number of anilines is 2. The fourth-order valence-electron chi connectivity index (χ4n) is 2.59. The van der Waals surface area contributed by atoms with E-state index in [1.807, 2.05) is 44.2 Å². The molecular formula is C24H22N4O2. The van der Waals surface area contributed by atoms with Crippen molar-refractivity contribution in [3.8, 4) is 11.8 Å². The lowest BCUT2D eigenvalue weighted by molar-refractivity contribution is 0.102. The van der Waals surface area contributed by atoms with Crippen LogP contribution >= 0.6 is 0 Å². The minimum atomic E-state index is -0.286. The van der Waals surface area contributed by atoms with Gasteiger partial charge in [-0.1, -0.05) is 18.1 Å². The summed E-state index contributed by atoms with van der Waals surface area (Å²) >= 11 is 0. The largest absolute Gasteiger partial charge is 0.336 e. The molecular weight excluding hydrogens is 376 g/mol. The number of benzene rings is 2. The number of urea groups is 1. The van der Waals surface area contributed by atoms with Crippen molar-refractivity contribution in [1.82, 2.24) is 10.3 Å². The van der Waals surface area contributed by atoms with Crippen LogP contribution in [0.15, 0.2) is 72.9 Å². The maximum Gasteiger partial charge on any atom is 0.319 e. The molecule has 150 valence electrons. The zero-order valence-electron chi connectivity index (χ0n) is 16.8. The van der Waals surface area contributed by atoms with Crippen LogP contribution in [0.4, 0.5) is 16.2 Å². The number of carbonyl (C=O) groups excluding carboxylic acids is 2. The number of nitrogens with zero attached hydrogens (tertiary/aromatic N) is 1. The molecule has 3 N–H and O–H groups in total. The number of pyridine rings is 1. The summed E-state index contributed by atoms with van der Waals surface area (Å²) in [6.07, 6.45) is 1.69. The van der Waals surface area contributed by atoms with E-state index in [-0.39, 0.29) is 18.0 Å². The van der Waals surface area contributed by atoms with Crippen LogP contribution in [0.2, 0.25) is 0 Å². The third-order valence-electron chi connectivity index (χ3n) is 3.94. The Balaban J connectivity index is 1.63. The van der Waals surface area contributed by atoms with E-state index in [1.165, 1.54) is 0 Å². The second-order valence-electron chi connectivity index (χ2n) is 6.83. The molecule has 0 saturated carbocycles. The van der Waals surface area contributed by atoms with Crippen LogP contribution in [0.1, 0.15) is 35.5 Å². The molecule has 1 heterocycles. The summed E-state index contributed by atoms with van der Waals surface area (Å²) in [5, 5.41) is 8.33. The highest BCUT2D eigenvalue weighted by atomic mass is 16.2. The second kappa shape index (κ2) is 9.89. The van der Waals surface area contributed by atoms with Crippen LogP contribution in [0.3, 0.4) is 0 Å². The lowest BCUT2D eigenvalue weighted by Crippen LogP contribution is -2.34. The van der Waals surface area contributed by atoms with Gasteiger partial charge in [0.25, 0.3) is 5.91 Å². The molecule has 2 aromatic carbocycles. The lowest BCUT2D eigenvalue weighted by atomic mass is 10.1. The molecule has 0 atom stereocenters. The molecule has 0 fully saturated rings. The number of hydrogen-bond donors (Lipinski definition) is 3. The van der Waals surface area contributed by atoms with E-state index in [0.717, 1.165) is 5.56 Å². The number of nitrogens with one attached hydrogen (secondary N) is 3. The monoisotopic (exact) mass is 398 g/mol. The van der Waals surface area contributed by atoms with Gasteiger partial charge >= 0.3 is 6.03 Å². The van der Waals surface area contributed by atoms with E-state index in [1.54, 1.807) is 42.6 Å². The summed E-state index contributed by atoms with van der Waals surface area (Å²) < 4.78 is 0. The van der Waals surface area contributed by atoms with Gasteiger partial charge in [0, 0.05) is 34.7 Å². The number of carbonyl (C=O) groups is 2. The summed E-state index contributed by atoms with van der Waals surface area (Å²) in [6, 6.07) is 19.3. The van der Waals surface area contributed by atoms with Gasteiger partial charge in [-0.25, -0.2) is 9.78 Å². The fraction of sp³-hybridized carbons (Fsp3) is 0.125. The van der Waals surface area contributed by atoms with Gasteiger partial charge in [0.15, 0.2) is 0 Å². The molecule has 0 radical (unpaired) electrons. The Morgan fingerprint density at radius 3 is 2.37 bits per heavy atom. The smallest absolute Gasteiger partial charge is 0.319 e. The van der Waals surface area contributed by atoms with Gasteiger partial charge in [-0.05, 0) is 74.4 Å². The molecule has 1 aromatic heterocycles. The zero-order valence-corrected chi connectivity index (χ0v) is 16.8. The van der Waals surface area contributed by atoms with Crippen molar-refractivity contribution in [3.05, 3.63) is 89.7 Å². The number of rotatable bonds is 4. The molecule has 0 aliphatic carbocycles. The number of hydrogen-bond acceptors (Lipinski definition) is 3. The zero-order chi connectivity index (χ0) is 21.3. The average molecular weight is 398 g/mol. The van der Waals surface area contributed by atoms with Gasteiger partial charge in [-0.2, -0.15) is 0 Å². The van der Waals surface area contributed by atoms with Crippen LogP contribution in [-0.4, -0.2) is 23.0 Å². The van der Waals surface area contributed by atoms with Crippen molar-refractivity contribution in [1.29, 1.82) is 0 Å². The Bertz CT molecular complexity index is 1080. The van der Waals surface area contributed by atoms with E-state index >= 15 is 0 Å². The van der Waals surface area contributed by atoms with Gasteiger partial charge in [-0.3, -0.25) is 4.79 Å². The summed E-state index contributed by atoms with van der Waals surface area (Å²) in [4.78, 5) is 28.4. The highest BCUT2D eigenvalue weighted by molar-refractivity contribution is 6.04. The molecule has 0 aliphatic heterocycles. The van der Waals surface area contributed by atoms with Crippen molar-refractivity contribution in [2.75, 3.05) is 10.6 Å². The van der Waals surface area contributed by atoms with Crippen molar-refractivity contribution in [3.63, 3.8) is 0 Å². The molecule has 3 aromatic rings. The third-order valence-corrected chi connectivity index (χ3v) is 3.94. The second-order valence-corrected chi connectivity index (χ2v) is 6.83. The van der Waals surface area contributed by atoms with E-state index in [9.17, 15) is 9.59 Å². The van der Waals surface area contributed by atoms with Crippen molar-refractivity contribution < 1.29 is 9.59 Å². The van der Waals surface area contributed by atoms with Crippen LogP contribution in [0, 0.1) is 11.8 Å². The van der Waals surface area contributed by atoms with Crippen molar-refractivity contribution >= 4 is 23.3 Å². The summed E-state index contributed by atoms with van der Waals surface area (Å²) in [6.45, 7) is 3.76. The summed E-state index contributed by atoms with van der Waals surface area (Å²) in [7, 11) is 0. The molecule has 3 amide bonds. The van der Waals surface area contributed by atoms with Crippen LogP contribution in [0.25, 0.3) is 0 Å². The third kappa shape index (κ3) is 6.21. The SMILES string of the molecule is CC(C)NC(=O)Nc1ccc(C(=O)Nc2cccc(C#Cc3ccccn3)c2)cc1.